The molecule has 0 aliphatic carbocycles. The third-order valence-electron chi connectivity index (χ3n) is 4.08. The summed E-state index contributed by atoms with van der Waals surface area (Å²) in [6.45, 7) is 8.71. The molecule has 0 radical (unpaired) electrons. The molecular weight excluding hydrogens is 272 g/mol. The Morgan fingerprint density at radius 1 is 1.20 bits per heavy atom. The molecule has 0 spiro atoms. The van der Waals surface area contributed by atoms with E-state index < -0.39 is 10.0 Å². The summed E-state index contributed by atoms with van der Waals surface area (Å²) in [6, 6.07) is 6.99. The fourth-order valence-corrected chi connectivity index (χ4v) is 4.23. The zero-order valence-corrected chi connectivity index (χ0v) is 13.4. The Bertz CT molecular complexity index is 573. The quantitative estimate of drug-likeness (QED) is 0.909. The SMILES string of the molecule is CC1C(N)CCN1S(=O)(=O)c1ccc(C(C)(C)C)cc1. The number of sulfonamides is 1. The molecule has 1 saturated heterocycles. The highest BCUT2D eigenvalue weighted by Gasteiger charge is 2.37. The average molecular weight is 296 g/mol. The number of nitrogens with two attached hydrogens (primary N) is 1. The van der Waals surface area contributed by atoms with Crippen LogP contribution in [0.5, 0.6) is 0 Å². The van der Waals surface area contributed by atoms with Crippen LogP contribution in [0.2, 0.25) is 0 Å². The van der Waals surface area contributed by atoms with Crippen LogP contribution >= 0.6 is 0 Å². The van der Waals surface area contributed by atoms with Gasteiger partial charge >= 0.3 is 0 Å². The van der Waals surface area contributed by atoms with Crippen molar-refractivity contribution in [3.8, 4) is 0 Å². The second-order valence-electron chi connectivity index (χ2n) is 6.58. The van der Waals surface area contributed by atoms with Crippen LogP contribution < -0.4 is 5.73 Å². The van der Waals surface area contributed by atoms with Crippen LogP contribution in [0, 0.1) is 0 Å². The van der Waals surface area contributed by atoms with Gasteiger partial charge in [0.15, 0.2) is 0 Å². The van der Waals surface area contributed by atoms with E-state index in [1.807, 2.05) is 19.1 Å². The van der Waals surface area contributed by atoms with Crippen LogP contribution in [0.25, 0.3) is 0 Å². The van der Waals surface area contributed by atoms with Gasteiger partial charge in [-0.25, -0.2) is 8.42 Å². The van der Waals surface area contributed by atoms with Crippen molar-refractivity contribution in [2.75, 3.05) is 6.54 Å². The van der Waals surface area contributed by atoms with Crippen molar-refractivity contribution in [1.82, 2.24) is 4.31 Å². The minimum Gasteiger partial charge on any atom is -0.326 e. The first-order valence-corrected chi connectivity index (χ1v) is 8.46. The topological polar surface area (TPSA) is 63.4 Å². The molecule has 2 atom stereocenters. The predicted molar refractivity (Wildman–Crippen MR) is 81.1 cm³/mol. The lowest BCUT2D eigenvalue weighted by atomic mass is 9.87. The number of hydrogen-bond acceptors (Lipinski definition) is 3. The largest absolute Gasteiger partial charge is 0.326 e. The second kappa shape index (κ2) is 5.13. The Balaban J connectivity index is 2.31. The van der Waals surface area contributed by atoms with Crippen molar-refractivity contribution >= 4 is 10.0 Å². The summed E-state index contributed by atoms with van der Waals surface area (Å²) < 4.78 is 26.8. The lowest BCUT2D eigenvalue weighted by Crippen LogP contribution is -2.40. The van der Waals surface area contributed by atoms with Gasteiger partial charge < -0.3 is 5.73 Å². The molecule has 0 bridgehead atoms. The van der Waals surface area contributed by atoms with Gasteiger partial charge in [-0.05, 0) is 36.5 Å². The van der Waals surface area contributed by atoms with E-state index in [9.17, 15) is 8.42 Å². The van der Waals surface area contributed by atoms with E-state index in [1.165, 1.54) is 4.31 Å². The van der Waals surface area contributed by atoms with E-state index in [4.69, 9.17) is 5.73 Å². The Kier molecular flexibility index (Phi) is 3.97. The molecule has 0 amide bonds. The minimum atomic E-state index is -3.43. The lowest BCUT2D eigenvalue weighted by Gasteiger charge is -2.23. The average Bonchev–Trinajstić information content (AvgIpc) is 2.69. The zero-order chi connectivity index (χ0) is 15.1. The fourth-order valence-electron chi connectivity index (χ4n) is 2.54. The molecule has 0 saturated carbocycles. The number of hydrogen-bond donors (Lipinski definition) is 1. The zero-order valence-electron chi connectivity index (χ0n) is 12.6. The maximum absolute atomic E-state index is 12.6. The van der Waals surface area contributed by atoms with Crippen LogP contribution in [0.3, 0.4) is 0 Å². The third-order valence-corrected chi connectivity index (χ3v) is 6.08. The van der Waals surface area contributed by atoms with Crippen molar-refractivity contribution < 1.29 is 8.42 Å². The molecule has 1 heterocycles. The smallest absolute Gasteiger partial charge is 0.243 e. The van der Waals surface area contributed by atoms with Gasteiger partial charge in [-0.2, -0.15) is 4.31 Å². The monoisotopic (exact) mass is 296 g/mol. The van der Waals surface area contributed by atoms with Crippen molar-refractivity contribution in [2.45, 2.75) is 56.5 Å². The summed E-state index contributed by atoms with van der Waals surface area (Å²) in [5, 5.41) is 0. The summed E-state index contributed by atoms with van der Waals surface area (Å²) in [6.07, 6.45) is 0.723. The van der Waals surface area contributed by atoms with Crippen molar-refractivity contribution in [2.24, 2.45) is 5.73 Å². The summed E-state index contributed by atoms with van der Waals surface area (Å²) >= 11 is 0. The van der Waals surface area contributed by atoms with E-state index in [1.54, 1.807) is 12.1 Å². The molecule has 1 aliphatic rings. The van der Waals surface area contributed by atoms with Crippen LogP contribution in [-0.4, -0.2) is 31.4 Å². The number of rotatable bonds is 2. The molecule has 20 heavy (non-hydrogen) atoms. The molecule has 112 valence electrons. The molecule has 1 aliphatic heterocycles. The van der Waals surface area contributed by atoms with E-state index >= 15 is 0 Å². The standard InChI is InChI=1S/C15H24N2O2S/c1-11-14(16)9-10-17(11)20(18,19)13-7-5-12(6-8-13)15(2,3)4/h5-8,11,14H,9-10,16H2,1-4H3. The molecule has 0 aromatic heterocycles. The molecule has 2 rings (SSSR count). The van der Waals surface area contributed by atoms with Crippen molar-refractivity contribution in [3.05, 3.63) is 29.8 Å². The van der Waals surface area contributed by atoms with Gasteiger partial charge in [0.2, 0.25) is 10.0 Å². The number of nitrogens with zero attached hydrogens (tertiary/aromatic N) is 1. The first kappa shape index (κ1) is 15.5. The van der Waals surface area contributed by atoms with Crippen LogP contribution in [0.4, 0.5) is 0 Å². The normalized spacial score (nSPS) is 25.1. The summed E-state index contributed by atoms with van der Waals surface area (Å²) in [5.41, 5.74) is 7.07. The predicted octanol–water partition coefficient (Wildman–Crippen LogP) is 2.09. The molecule has 2 N–H and O–H groups in total. The van der Waals surface area contributed by atoms with Gasteiger partial charge in [0.1, 0.15) is 0 Å². The molecular formula is C15H24N2O2S. The first-order valence-electron chi connectivity index (χ1n) is 7.02. The molecule has 1 aromatic rings. The van der Waals surface area contributed by atoms with Gasteiger partial charge in [-0.3, -0.25) is 0 Å². The summed E-state index contributed by atoms with van der Waals surface area (Å²) in [4.78, 5) is 0.353. The second-order valence-corrected chi connectivity index (χ2v) is 8.47. The minimum absolute atomic E-state index is 0.0194. The van der Waals surface area contributed by atoms with Gasteiger partial charge in [0.05, 0.1) is 4.90 Å². The molecule has 5 heteroatoms. The number of benzene rings is 1. The van der Waals surface area contributed by atoms with Crippen molar-refractivity contribution in [3.63, 3.8) is 0 Å². The van der Waals surface area contributed by atoms with Crippen LogP contribution in [-0.2, 0) is 15.4 Å². The maximum Gasteiger partial charge on any atom is 0.243 e. The summed E-state index contributed by atoms with van der Waals surface area (Å²) in [7, 11) is -3.43. The molecule has 1 fully saturated rings. The van der Waals surface area contributed by atoms with Gasteiger partial charge in [0, 0.05) is 18.6 Å². The highest BCUT2D eigenvalue weighted by Crippen LogP contribution is 2.28. The van der Waals surface area contributed by atoms with E-state index in [-0.39, 0.29) is 17.5 Å². The van der Waals surface area contributed by atoms with Crippen LogP contribution in [0.1, 0.15) is 39.7 Å². The van der Waals surface area contributed by atoms with E-state index in [0.29, 0.717) is 11.4 Å². The summed E-state index contributed by atoms with van der Waals surface area (Å²) in [5.74, 6) is 0. The molecule has 4 nitrogen and oxygen atoms in total. The Morgan fingerprint density at radius 2 is 1.75 bits per heavy atom. The first-order chi connectivity index (χ1) is 9.14. The van der Waals surface area contributed by atoms with E-state index in [2.05, 4.69) is 20.8 Å². The maximum atomic E-state index is 12.6. The highest BCUT2D eigenvalue weighted by atomic mass is 32.2. The Labute approximate surface area is 122 Å². The lowest BCUT2D eigenvalue weighted by molar-refractivity contribution is 0.393. The molecule has 2 unspecified atom stereocenters. The van der Waals surface area contributed by atoms with Gasteiger partial charge in [0.25, 0.3) is 0 Å². The third kappa shape index (κ3) is 2.75. The Morgan fingerprint density at radius 3 is 2.15 bits per heavy atom. The molecule has 1 aromatic carbocycles. The van der Waals surface area contributed by atoms with E-state index in [0.717, 1.165) is 12.0 Å². The van der Waals surface area contributed by atoms with Gasteiger partial charge in [-0.15, -0.1) is 0 Å². The fraction of sp³-hybridized carbons (Fsp3) is 0.600. The highest BCUT2D eigenvalue weighted by molar-refractivity contribution is 7.89. The van der Waals surface area contributed by atoms with Crippen LogP contribution in [0.15, 0.2) is 29.2 Å². The van der Waals surface area contributed by atoms with Gasteiger partial charge in [-0.1, -0.05) is 32.9 Å². The Hall–Kier alpha value is -0.910. The van der Waals surface area contributed by atoms with Crippen molar-refractivity contribution in [1.29, 1.82) is 0 Å².